The molecule has 1 aliphatic heterocycles. The van der Waals surface area contributed by atoms with E-state index < -0.39 is 0 Å². The predicted octanol–water partition coefficient (Wildman–Crippen LogP) is 3.18. The van der Waals surface area contributed by atoms with Crippen molar-refractivity contribution in [3.8, 4) is 5.69 Å². The molecule has 1 fully saturated rings. The van der Waals surface area contributed by atoms with Gasteiger partial charge in [0.2, 0.25) is 0 Å². The third-order valence-corrected chi connectivity index (χ3v) is 4.57. The lowest BCUT2D eigenvalue weighted by atomic mass is 10.2. The van der Waals surface area contributed by atoms with Crippen LogP contribution in [0.4, 0.5) is 0 Å². The number of hydrogen-bond acceptors (Lipinski definition) is 2. The Balaban J connectivity index is 1.80. The zero-order valence-corrected chi connectivity index (χ0v) is 14.7. The molecular formula is C19H27N5. The fourth-order valence-corrected chi connectivity index (χ4v) is 3.29. The molecule has 0 atom stereocenters. The van der Waals surface area contributed by atoms with Gasteiger partial charge in [0.25, 0.3) is 0 Å². The van der Waals surface area contributed by atoms with Gasteiger partial charge < -0.3 is 10.6 Å². The Kier molecular flexibility index (Phi) is 5.18. The van der Waals surface area contributed by atoms with Gasteiger partial charge in [-0.1, -0.05) is 31.0 Å². The van der Waals surface area contributed by atoms with Gasteiger partial charge in [-0.2, -0.15) is 5.10 Å². The van der Waals surface area contributed by atoms with Crippen molar-refractivity contribution in [2.75, 3.05) is 13.1 Å². The zero-order valence-electron chi connectivity index (χ0n) is 14.7. The van der Waals surface area contributed by atoms with Crippen molar-refractivity contribution in [3.05, 3.63) is 47.3 Å². The fraction of sp³-hybridized carbons (Fsp3) is 0.474. The van der Waals surface area contributed by atoms with E-state index in [9.17, 15) is 0 Å². The highest BCUT2D eigenvalue weighted by atomic mass is 15.3. The van der Waals surface area contributed by atoms with Crippen LogP contribution in [0.15, 0.2) is 35.3 Å². The molecular weight excluding hydrogens is 298 g/mol. The molecule has 2 heterocycles. The number of aryl methyl sites for hydroxylation is 2. The van der Waals surface area contributed by atoms with E-state index in [0.717, 1.165) is 35.7 Å². The molecule has 2 aromatic rings. The van der Waals surface area contributed by atoms with Crippen LogP contribution in [0.25, 0.3) is 5.69 Å². The molecule has 0 spiro atoms. The molecule has 5 heteroatoms. The van der Waals surface area contributed by atoms with Crippen LogP contribution in [-0.4, -0.2) is 33.7 Å². The molecule has 3 rings (SSSR count). The average Bonchev–Trinajstić information content (AvgIpc) is 2.79. The third kappa shape index (κ3) is 3.78. The summed E-state index contributed by atoms with van der Waals surface area (Å²) < 4.78 is 1.99. The highest BCUT2D eigenvalue weighted by Crippen LogP contribution is 2.18. The summed E-state index contributed by atoms with van der Waals surface area (Å²) in [6.07, 6.45) is 5.01. The van der Waals surface area contributed by atoms with Gasteiger partial charge in [-0.15, -0.1) is 0 Å². The maximum atomic E-state index is 6.24. The Morgan fingerprint density at radius 3 is 2.50 bits per heavy atom. The van der Waals surface area contributed by atoms with Crippen molar-refractivity contribution in [1.82, 2.24) is 14.7 Å². The first-order chi connectivity index (χ1) is 11.6. The molecule has 1 aromatic heterocycles. The molecule has 0 aliphatic carbocycles. The number of rotatable bonds is 3. The highest BCUT2D eigenvalue weighted by molar-refractivity contribution is 5.78. The molecule has 5 nitrogen and oxygen atoms in total. The lowest BCUT2D eigenvalue weighted by Crippen LogP contribution is -2.38. The van der Waals surface area contributed by atoms with Crippen LogP contribution >= 0.6 is 0 Å². The first kappa shape index (κ1) is 16.6. The van der Waals surface area contributed by atoms with Crippen LogP contribution in [0.1, 0.15) is 42.6 Å². The molecule has 128 valence electrons. The highest BCUT2D eigenvalue weighted by Gasteiger charge is 2.12. The standard InChI is InChI=1S/C19H27N5/c1-15-13-16(2)24(22-15)18-10-6-5-9-17(18)14-21-19(20)23-11-7-3-4-8-12-23/h5-6,9-10,13H,3-4,7-8,11-12,14H2,1-2H3,(H2,20,21). The summed E-state index contributed by atoms with van der Waals surface area (Å²) in [5.74, 6) is 0.667. The van der Waals surface area contributed by atoms with E-state index in [1.165, 1.54) is 25.7 Å². The summed E-state index contributed by atoms with van der Waals surface area (Å²) in [6.45, 7) is 6.72. The Hall–Kier alpha value is -2.30. The summed E-state index contributed by atoms with van der Waals surface area (Å²) in [6, 6.07) is 10.4. The smallest absolute Gasteiger partial charge is 0.191 e. The van der Waals surface area contributed by atoms with E-state index in [1.807, 2.05) is 23.7 Å². The normalized spacial score (nSPS) is 16.2. The van der Waals surface area contributed by atoms with Crippen LogP contribution in [0.5, 0.6) is 0 Å². The number of guanidine groups is 1. The first-order valence-corrected chi connectivity index (χ1v) is 8.81. The zero-order chi connectivity index (χ0) is 16.9. The van der Waals surface area contributed by atoms with Crippen molar-refractivity contribution in [2.45, 2.75) is 46.1 Å². The molecule has 2 N–H and O–H groups in total. The van der Waals surface area contributed by atoms with Crippen molar-refractivity contribution < 1.29 is 0 Å². The van der Waals surface area contributed by atoms with Crippen LogP contribution in [-0.2, 0) is 6.54 Å². The van der Waals surface area contributed by atoms with Gasteiger partial charge in [0, 0.05) is 18.8 Å². The molecule has 24 heavy (non-hydrogen) atoms. The largest absolute Gasteiger partial charge is 0.370 e. The number of aromatic nitrogens is 2. The molecule has 0 saturated carbocycles. The van der Waals surface area contributed by atoms with Crippen LogP contribution in [0, 0.1) is 13.8 Å². The van der Waals surface area contributed by atoms with Gasteiger partial charge in [0.15, 0.2) is 5.96 Å². The number of nitrogens with two attached hydrogens (primary N) is 1. The Labute approximate surface area is 144 Å². The van der Waals surface area contributed by atoms with Gasteiger partial charge in [-0.25, -0.2) is 9.67 Å². The van der Waals surface area contributed by atoms with E-state index in [1.54, 1.807) is 0 Å². The number of benzene rings is 1. The Morgan fingerprint density at radius 2 is 1.83 bits per heavy atom. The molecule has 0 amide bonds. The number of para-hydroxylation sites is 1. The van der Waals surface area contributed by atoms with Crippen molar-refractivity contribution in [3.63, 3.8) is 0 Å². The molecule has 1 saturated heterocycles. The number of hydrogen-bond donors (Lipinski definition) is 1. The molecule has 0 radical (unpaired) electrons. The SMILES string of the molecule is Cc1cc(C)n(-c2ccccc2CN=C(N)N2CCCCCC2)n1. The van der Waals surface area contributed by atoms with Crippen LogP contribution in [0.3, 0.4) is 0 Å². The van der Waals surface area contributed by atoms with Crippen molar-refractivity contribution in [2.24, 2.45) is 10.7 Å². The second-order valence-corrected chi connectivity index (χ2v) is 6.54. The summed E-state index contributed by atoms with van der Waals surface area (Å²) in [5.41, 5.74) is 10.6. The lowest BCUT2D eigenvalue weighted by molar-refractivity contribution is 0.428. The van der Waals surface area contributed by atoms with E-state index in [0.29, 0.717) is 12.5 Å². The lowest BCUT2D eigenvalue weighted by Gasteiger charge is -2.21. The number of likely N-dealkylation sites (tertiary alicyclic amines) is 1. The van der Waals surface area contributed by atoms with Crippen molar-refractivity contribution in [1.29, 1.82) is 0 Å². The van der Waals surface area contributed by atoms with Gasteiger partial charge in [-0.05, 0) is 44.4 Å². The molecule has 1 aromatic carbocycles. The topological polar surface area (TPSA) is 59.4 Å². The van der Waals surface area contributed by atoms with E-state index >= 15 is 0 Å². The molecule has 0 unspecified atom stereocenters. The quantitative estimate of drug-likeness (QED) is 0.696. The summed E-state index contributed by atoms with van der Waals surface area (Å²) in [4.78, 5) is 6.88. The summed E-state index contributed by atoms with van der Waals surface area (Å²) in [7, 11) is 0. The van der Waals surface area contributed by atoms with E-state index in [4.69, 9.17) is 5.73 Å². The fourth-order valence-electron chi connectivity index (χ4n) is 3.29. The first-order valence-electron chi connectivity index (χ1n) is 8.81. The minimum Gasteiger partial charge on any atom is -0.370 e. The van der Waals surface area contributed by atoms with Gasteiger partial charge in [0.05, 0.1) is 17.9 Å². The maximum Gasteiger partial charge on any atom is 0.191 e. The van der Waals surface area contributed by atoms with Crippen LogP contribution < -0.4 is 5.73 Å². The summed E-state index contributed by atoms with van der Waals surface area (Å²) in [5, 5.41) is 4.60. The van der Waals surface area contributed by atoms with Crippen LogP contribution in [0.2, 0.25) is 0 Å². The van der Waals surface area contributed by atoms with E-state index in [-0.39, 0.29) is 0 Å². The molecule has 1 aliphatic rings. The number of nitrogens with zero attached hydrogens (tertiary/aromatic N) is 4. The van der Waals surface area contributed by atoms with Crippen molar-refractivity contribution >= 4 is 5.96 Å². The second-order valence-electron chi connectivity index (χ2n) is 6.54. The third-order valence-electron chi connectivity index (χ3n) is 4.57. The maximum absolute atomic E-state index is 6.24. The van der Waals surface area contributed by atoms with Gasteiger partial charge >= 0.3 is 0 Å². The number of aliphatic imine (C=N–C) groups is 1. The monoisotopic (exact) mass is 325 g/mol. The minimum atomic E-state index is 0.580. The Bertz CT molecular complexity index is 708. The molecule has 0 bridgehead atoms. The predicted molar refractivity (Wildman–Crippen MR) is 98.4 cm³/mol. The second kappa shape index (κ2) is 7.51. The summed E-state index contributed by atoms with van der Waals surface area (Å²) >= 11 is 0. The van der Waals surface area contributed by atoms with Gasteiger partial charge in [0.1, 0.15) is 0 Å². The average molecular weight is 325 g/mol. The van der Waals surface area contributed by atoms with Gasteiger partial charge in [-0.3, -0.25) is 0 Å². The minimum absolute atomic E-state index is 0.580. The Morgan fingerprint density at radius 1 is 1.12 bits per heavy atom. The van der Waals surface area contributed by atoms with E-state index in [2.05, 4.69) is 40.1 Å².